The average molecular weight is 481 g/mol. The first-order chi connectivity index (χ1) is 17.3. The van der Waals surface area contributed by atoms with Crippen molar-refractivity contribution < 1.29 is 9.59 Å². The third-order valence-electron chi connectivity index (χ3n) is 6.48. The first-order valence-electron chi connectivity index (χ1n) is 11.9. The maximum atomic E-state index is 12.5. The van der Waals surface area contributed by atoms with Crippen LogP contribution in [-0.4, -0.2) is 32.9 Å². The van der Waals surface area contributed by atoms with E-state index in [1.165, 1.54) is 19.2 Å². The van der Waals surface area contributed by atoms with Gasteiger partial charge < -0.3 is 20.9 Å². The van der Waals surface area contributed by atoms with Crippen molar-refractivity contribution in [1.29, 1.82) is 0 Å². The minimum atomic E-state index is -0.225. The van der Waals surface area contributed by atoms with E-state index < -0.39 is 0 Å². The van der Waals surface area contributed by atoms with Gasteiger partial charge in [0.2, 0.25) is 0 Å². The van der Waals surface area contributed by atoms with Gasteiger partial charge in [0.15, 0.2) is 0 Å². The summed E-state index contributed by atoms with van der Waals surface area (Å²) in [6.07, 6.45) is 3.83. The van der Waals surface area contributed by atoms with E-state index in [0.717, 1.165) is 34.3 Å². The van der Waals surface area contributed by atoms with Gasteiger partial charge >= 0.3 is 0 Å². The summed E-state index contributed by atoms with van der Waals surface area (Å²) in [7, 11) is 1.93. The van der Waals surface area contributed by atoms with Gasteiger partial charge in [-0.15, -0.1) is 0 Å². The fourth-order valence-corrected chi connectivity index (χ4v) is 4.29. The zero-order chi connectivity index (χ0) is 25.4. The van der Waals surface area contributed by atoms with Crippen LogP contribution in [0.2, 0.25) is 0 Å². The number of hydrogen-bond acceptors (Lipinski definition) is 5. The number of carbonyl (C=O) groups is 2. The number of rotatable bonds is 7. The molecule has 1 aliphatic carbocycles. The number of aryl methyl sites for hydroxylation is 1. The van der Waals surface area contributed by atoms with Crippen molar-refractivity contribution in [3.63, 3.8) is 0 Å². The van der Waals surface area contributed by atoms with Crippen LogP contribution in [0, 0.1) is 5.92 Å². The SMILES string of the molecule is C=C(C)C(=O)Nc1ccc(-c2c(-c3ccc(C(=O)NCC4CC4)cc3)c3c(N)ncnc3n2C)cc1. The topological polar surface area (TPSA) is 115 Å². The molecule has 2 heterocycles. The maximum Gasteiger partial charge on any atom is 0.251 e. The van der Waals surface area contributed by atoms with Crippen LogP contribution in [0.1, 0.15) is 30.1 Å². The van der Waals surface area contributed by atoms with Crippen molar-refractivity contribution in [2.75, 3.05) is 17.6 Å². The van der Waals surface area contributed by atoms with Crippen molar-refractivity contribution in [1.82, 2.24) is 19.9 Å². The van der Waals surface area contributed by atoms with Crippen LogP contribution in [0.5, 0.6) is 0 Å². The molecular weight excluding hydrogens is 452 g/mol. The number of nitrogens with one attached hydrogen (secondary N) is 2. The maximum absolute atomic E-state index is 12.5. The van der Waals surface area contributed by atoms with E-state index >= 15 is 0 Å². The van der Waals surface area contributed by atoms with Gasteiger partial charge in [-0.2, -0.15) is 0 Å². The van der Waals surface area contributed by atoms with Crippen molar-refractivity contribution in [3.8, 4) is 22.4 Å². The quantitative estimate of drug-likeness (QED) is 0.336. The number of carbonyl (C=O) groups excluding carboxylic acids is 2. The van der Waals surface area contributed by atoms with Crippen molar-refractivity contribution >= 4 is 34.4 Å². The number of hydrogen-bond donors (Lipinski definition) is 3. The monoisotopic (exact) mass is 480 g/mol. The zero-order valence-electron chi connectivity index (χ0n) is 20.3. The molecule has 36 heavy (non-hydrogen) atoms. The smallest absolute Gasteiger partial charge is 0.251 e. The molecule has 5 rings (SSSR count). The van der Waals surface area contributed by atoms with Gasteiger partial charge in [0.05, 0.1) is 11.1 Å². The van der Waals surface area contributed by atoms with Crippen LogP contribution < -0.4 is 16.4 Å². The van der Waals surface area contributed by atoms with Gasteiger partial charge in [0.25, 0.3) is 11.8 Å². The summed E-state index contributed by atoms with van der Waals surface area (Å²) in [5, 5.41) is 6.59. The first kappa shape index (κ1) is 23.3. The second-order valence-corrected chi connectivity index (χ2v) is 9.28. The molecule has 1 aliphatic rings. The summed E-state index contributed by atoms with van der Waals surface area (Å²) in [4.78, 5) is 33.3. The van der Waals surface area contributed by atoms with E-state index in [9.17, 15) is 9.59 Å². The Bertz CT molecular complexity index is 1480. The molecule has 4 N–H and O–H groups in total. The highest BCUT2D eigenvalue weighted by molar-refractivity contribution is 6.08. The lowest BCUT2D eigenvalue weighted by Gasteiger charge is -2.11. The highest BCUT2D eigenvalue weighted by Gasteiger charge is 2.23. The molecule has 0 aliphatic heterocycles. The second-order valence-electron chi connectivity index (χ2n) is 9.28. The average Bonchev–Trinajstić information content (AvgIpc) is 3.66. The molecule has 2 aromatic heterocycles. The molecular formula is C28H28N6O2. The summed E-state index contributed by atoms with van der Waals surface area (Å²) in [5.41, 5.74) is 12.4. The summed E-state index contributed by atoms with van der Waals surface area (Å²) in [6, 6.07) is 15.1. The van der Waals surface area contributed by atoms with Crippen LogP contribution in [0.15, 0.2) is 67.0 Å². The Labute approximate surface area is 209 Å². The number of fused-ring (bicyclic) bond motifs is 1. The molecule has 4 aromatic rings. The van der Waals surface area contributed by atoms with Crippen LogP contribution >= 0.6 is 0 Å². The largest absolute Gasteiger partial charge is 0.383 e. The molecule has 182 valence electrons. The molecule has 0 radical (unpaired) electrons. The number of benzene rings is 2. The van der Waals surface area contributed by atoms with Gasteiger partial charge in [-0.05, 0) is 61.1 Å². The third kappa shape index (κ3) is 4.45. The summed E-state index contributed by atoms with van der Waals surface area (Å²) < 4.78 is 1.99. The summed E-state index contributed by atoms with van der Waals surface area (Å²) >= 11 is 0. The fourth-order valence-electron chi connectivity index (χ4n) is 4.29. The molecule has 0 unspecified atom stereocenters. The molecule has 0 saturated heterocycles. The third-order valence-corrected chi connectivity index (χ3v) is 6.48. The predicted molar refractivity (Wildman–Crippen MR) is 142 cm³/mol. The Kier molecular flexibility index (Phi) is 6.01. The molecule has 0 bridgehead atoms. The lowest BCUT2D eigenvalue weighted by Crippen LogP contribution is -2.25. The number of aromatic nitrogens is 3. The van der Waals surface area contributed by atoms with E-state index in [-0.39, 0.29) is 11.8 Å². The van der Waals surface area contributed by atoms with Crippen LogP contribution in [-0.2, 0) is 11.8 Å². The normalized spacial score (nSPS) is 12.9. The van der Waals surface area contributed by atoms with E-state index in [2.05, 4.69) is 27.2 Å². The molecule has 1 fully saturated rings. The molecule has 2 amide bonds. The Balaban J connectivity index is 1.55. The Morgan fingerprint density at radius 1 is 1.06 bits per heavy atom. The lowest BCUT2D eigenvalue weighted by atomic mass is 9.97. The Morgan fingerprint density at radius 2 is 1.72 bits per heavy atom. The highest BCUT2D eigenvalue weighted by atomic mass is 16.2. The van der Waals surface area contributed by atoms with Gasteiger partial charge in [-0.3, -0.25) is 9.59 Å². The van der Waals surface area contributed by atoms with Gasteiger partial charge in [0.1, 0.15) is 17.8 Å². The van der Waals surface area contributed by atoms with Gasteiger partial charge in [0, 0.05) is 36.0 Å². The molecule has 8 heteroatoms. The molecule has 0 atom stereocenters. The first-order valence-corrected chi connectivity index (χ1v) is 11.9. The predicted octanol–water partition coefficient (Wildman–Crippen LogP) is 4.54. The number of anilines is 2. The van der Waals surface area contributed by atoms with Gasteiger partial charge in [-0.25, -0.2) is 9.97 Å². The van der Waals surface area contributed by atoms with Crippen LogP contribution in [0.25, 0.3) is 33.4 Å². The van der Waals surface area contributed by atoms with Gasteiger partial charge in [-0.1, -0.05) is 30.8 Å². The summed E-state index contributed by atoms with van der Waals surface area (Å²) in [5.74, 6) is 0.711. The van der Waals surface area contributed by atoms with E-state index in [1.807, 2.05) is 60.1 Å². The Morgan fingerprint density at radius 3 is 2.36 bits per heavy atom. The van der Waals surface area contributed by atoms with Crippen LogP contribution in [0.3, 0.4) is 0 Å². The van der Waals surface area contributed by atoms with E-state index in [1.54, 1.807) is 6.92 Å². The second kappa shape index (κ2) is 9.30. The highest BCUT2D eigenvalue weighted by Crippen LogP contribution is 2.41. The molecule has 0 spiro atoms. The van der Waals surface area contributed by atoms with E-state index in [0.29, 0.717) is 34.2 Å². The fraction of sp³-hybridized carbons (Fsp3) is 0.214. The van der Waals surface area contributed by atoms with Crippen molar-refractivity contribution in [2.24, 2.45) is 13.0 Å². The summed E-state index contributed by atoms with van der Waals surface area (Å²) in [6.45, 7) is 6.07. The molecule has 2 aromatic carbocycles. The van der Waals surface area contributed by atoms with E-state index in [4.69, 9.17) is 5.73 Å². The number of nitrogen functional groups attached to an aromatic ring is 1. The van der Waals surface area contributed by atoms with Crippen LogP contribution in [0.4, 0.5) is 11.5 Å². The zero-order valence-corrected chi connectivity index (χ0v) is 20.3. The Hall–Kier alpha value is -4.46. The number of nitrogens with zero attached hydrogens (tertiary/aromatic N) is 3. The van der Waals surface area contributed by atoms with Crippen molar-refractivity contribution in [3.05, 3.63) is 72.6 Å². The molecule has 1 saturated carbocycles. The minimum Gasteiger partial charge on any atom is -0.383 e. The van der Waals surface area contributed by atoms with Crippen molar-refractivity contribution in [2.45, 2.75) is 19.8 Å². The minimum absolute atomic E-state index is 0.0677. The lowest BCUT2D eigenvalue weighted by molar-refractivity contribution is -0.112. The number of amides is 2. The number of nitrogens with two attached hydrogens (primary N) is 1. The molecule has 8 nitrogen and oxygen atoms in total. The standard InChI is InChI=1S/C28H28N6O2/c1-16(2)27(35)33-21-12-10-19(11-13-21)24-22(23-25(29)31-15-32-26(23)34(24)3)18-6-8-20(9-7-18)28(36)30-14-17-4-5-17/h6-13,15,17H,1,4-5,14H2,2-3H3,(H,30,36)(H,33,35)(H2,29,31,32).